The lowest BCUT2D eigenvalue weighted by Crippen LogP contribution is -2.61. The van der Waals surface area contributed by atoms with Gasteiger partial charge in [-0.15, -0.1) is 0 Å². The molecule has 192 valence electrons. The molecule has 9 heteroatoms. The van der Waals surface area contributed by atoms with E-state index < -0.39 is 75.8 Å². The number of fused-ring (bicyclic) bond motifs is 5. The van der Waals surface area contributed by atoms with E-state index in [1.807, 2.05) is 0 Å². The van der Waals surface area contributed by atoms with E-state index in [0.717, 1.165) is 0 Å². The molecule has 9 nitrogen and oxygen atoms in total. The van der Waals surface area contributed by atoms with E-state index in [4.69, 9.17) is 0 Å². The van der Waals surface area contributed by atoms with Gasteiger partial charge in [0.25, 0.3) is 0 Å². The Morgan fingerprint density at radius 3 is 2.05 bits per heavy atom. The number of rotatable bonds is 0. The van der Waals surface area contributed by atoms with Gasteiger partial charge in [-0.05, 0) is 55.7 Å². The normalized spacial score (nSPS) is 32.8. The standard InChI is InChI=1S/C29H22O9/c1-8-3-10-15(12(30)5-8)24(34)19-18(23(10)33)17-14(32)7-29-21(17)26(36)20(19)27(37)22(29)25(35)16-11(28(29)38)4-9(2)6-13(16)31/h3-6,14,17,20-21,26,30-32,35-36H,7H2,1-2H3/t14-,17?,20+,21?,26-,29+/m0/s1. The number of carbonyl (C=O) groups excluding carboxylic acids is 4. The molecule has 0 radical (unpaired) electrons. The summed E-state index contributed by atoms with van der Waals surface area (Å²) >= 11 is 0. The second-order valence-electron chi connectivity index (χ2n) is 11.1. The van der Waals surface area contributed by atoms with E-state index in [1.165, 1.54) is 24.3 Å². The Hall–Kier alpha value is -4.08. The highest BCUT2D eigenvalue weighted by Gasteiger charge is 2.73. The lowest BCUT2D eigenvalue weighted by molar-refractivity contribution is -0.130. The molecular formula is C29H22O9. The quantitative estimate of drug-likeness (QED) is 0.353. The molecule has 5 N–H and O–H groups in total. The molecule has 6 atom stereocenters. The summed E-state index contributed by atoms with van der Waals surface area (Å²) in [5, 5.41) is 55.5. The first kappa shape index (κ1) is 23.1. The van der Waals surface area contributed by atoms with Gasteiger partial charge < -0.3 is 25.5 Å². The number of aliphatic hydroxyl groups is 3. The Morgan fingerprint density at radius 2 is 1.39 bits per heavy atom. The Kier molecular flexibility index (Phi) is 4.16. The zero-order chi connectivity index (χ0) is 27.2. The highest BCUT2D eigenvalue weighted by Crippen LogP contribution is 2.68. The zero-order valence-corrected chi connectivity index (χ0v) is 20.3. The average molecular weight is 514 g/mol. The molecule has 0 amide bonds. The smallest absolute Gasteiger partial charge is 0.194 e. The Labute approximate surface area is 215 Å². The first-order valence-corrected chi connectivity index (χ1v) is 12.3. The number of benzene rings is 2. The number of carbonyl (C=O) groups is 4. The summed E-state index contributed by atoms with van der Waals surface area (Å²) in [5.74, 6) is -8.52. The van der Waals surface area contributed by atoms with Crippen LogP contribution in [0.5, 0.6) is 11.5 Å². The summed E-state index contributed by atoms with van der Waals surface area (Å²) in [6, 6.07) is 5.56. The maximum atomic E-state index is 14.2. The van der Waals surface area contributed by atoms with Gasteiger partial charge >= 0.3 is 0 Å². The predicted octanol–water partition coefficient (Wildman–Crippen LogP) is 2.11. The first-order chi connectivity index (χ1) is 17.9. The van der Waals surface area contributed by atoms with Crippen molar-refractivity contribution < 1.29 is 44.7 Å². The maximum Gasteiger partial charge on any atom is 0.194 e. The largest absolute Gasteiger partial charge is 0.507 e. The predicted molar refractivity (Wildman–Crippen MR) is 130 cm³/mol. The summed E-state index contributed by atoms with van der Waals surface area (Å²) in [4.78, 5) is 56.0. The fourth-order valence-electron chi connectivity index (χ4n) is 7.92. The van der Waals surface area contributed by atoms with Crippen molar-refractivity contribution in [3.05, 3.63) is 74.4 Å². The molecule has 2 bridgehead atoms. The van der Waals surface area contributed by atoms with Crippen molar-refractivity contribution in [2.24, 2.45) is 23.2 Å². The number of phenolic OH excluding ortho intramolecular Hbond substituents is 2. The molecule has 2 aromatic carbocycles. The van der Waals surface area contributed by atoms with Crippen LogP contribution in [0.15, 0.2) is 41.0 Å². The van der Waals surface area contributed by atoms with Crippen molar-refractivity contribution in [3.63, 3.8) is 0 Å². The molecule has 2 saturated carbocycles. The Bertz CT molecular complexity index is 1670. The summed E-state index contributed by atoms with van der Waals surface area (Å²) in [6.45, 7) is 3.28. The van der Waals surface area contributed by atoms with Gasteiger partial charge in [0.2, 0.25) is 0 Å². The molecule has 0 aromatic heterocycles. The van der Waals surface area contributed by atoms with Crippen LogP contribution < -0.4 is 0 Å². The van der Waals surface area contributed by atoms with Crippen LogP contribution in [0.3, 0.4) is 0 Å². The molecular weight excluding hydrogens is 492 g/mol. The van der Waals surface area contributed by atoms with Crippen molar-refractivity contribution in [2.75, 3.05) is 0 Å². The molecule has 2 aromatic rings. The third-order valence-electron chi connectivity index (χ3n) is 9.13. The monoisotopic (exact) mass is 514 g/mol. The summed E-state index contributed by atoms with van der Waals surface area (Å²) in [7, 11) is 0. The van der Waals surface area contributed by atoms with Crippen molar-refractivity contribution in [3.8, 4) is 11.5 Å². The van der Waals surface area contributed by atoms with Gasteiger partial charge in [-0.3, -0.25) is 19.2 Å². The Morgan fingerprint density at radius 1 is 0.789 bits per heavy atom. The van der Waals surface area contributed by atoms with Crippen molar-refractivity contribution in [1.82, 2.24) is 0 Å². The summed E-state index contributed by atoms with van der Waals surface area (Å²) in [6.07, 6.45) is -3.39. The fraction of sp³-hybridized carbons (Fsp3) is 0.310. The van der Waals surface area contributed by atoms with Crippen LogP contribution in [0.25, 0.3) is 5.76 Å². The number of Topliss-reactive ketones (excluding diaryl/α,β-unsaturated/α-hetero) is 4. The molecule has 0 saturated heterocycles. The Balaban J connectivity index is 1.57. The lowest BCUT2D eigenvalue weighted by atomic mass is 9.48. The van der Waals surface area contributed by atoms with Crippen LogP contribution in [0.1, 0.15) is 54.2 Å². The van der Waals surface area contributed by atoms with Crippen LogP contribution in [0.4, 0.5) is 0 Å². The molecule has 7 rings (SSSR count). The molecule has 1 spiro atoms. The highest BCUT2D eigenvalue weighted by molar-refractivity contribution is 6.32. The molecule has 5 aliphatic carbocycles. The topological polar surface area (TPSA) is 169 Å². The molecule has 2 fully saturated rings. The van der Waals surface area contributed by atoms with Gasteiger partial charge in [-0.2, -0.15) is 0 Å². The zero-order valence-electron chi connectivity index (χ0n) is 20.3. The maximum absolute atomic E-state index is 14.2. The van der Waals surface area contributed by atoms with Crippen LogP contribution in [0, 0.1) is 37.0 Å². The second kappa shape index (κ2) is 6.86. The van der Waals surface area contributed by atoms with Gasteiger partial charge in [0.05, 0.1) is 40.2 Å². The van der Waals surface area contributed by atoms with Gasteiger partial charge in [0.1, 0.15) is 17.3 Å². The number of ketones is 4. The van der Waals surface area contributed by atoms with Crippen LogP contribution >= 0.6 is 0 Å². The van der Waals surface area contributed by atoms with Crippen molar-refractivity contribution >= 4 is 28.9 Å². The van der Waals surface area contributed by atoms with E-state index in [-0.39, 0.29) is 45.4 Å². The van der Waals surface area contributed by atoms with Crippen LogP contribution in [0.2, 0.25) is 0 Å². The number of aliphatic hydroxyl groups excluding tert-OH is 3. The fourth-order valence-corrected chi connectivity index (χ4v) is 7.92. The minimum atomic E-state index is -1.86. The number of aryl methyl sites for hydroxylation is 2. The molecule has 38 heavy (non-hydrogen) atoms. The van der Waals surface area contributed by atoms with Crippen LogP contribution in [-0.4, -0.2) is 60.9 Å². The first-order valence-electron chi connectivity index (χ1n) is 12.3. The minimum Gasteiger partial charge on any atom is -0.507 e. The van der Waals surface area contributed by atoms with Crippen LogP contribution in [-0.2, 0) is 4.79 Å². The molecule has 0 heterocycles. The molecule has 5 aliphatic rings. The third kappa shape index (κ3) is 2.31. The van der Waals surface area contributed by atoms with E-state index in [0.29, 0.717) is 11.1 Å². The van der Waals surface area contributed by atoms with Gasteiger partial charge in [-0.25, -0.2) is 0 Å². The summed E-state index contributed by atoms with van der Waals surface area (Å²) < 4.78 is 0. The lowest BCUT2D eigenvalue weighted by Gasteiger charge is -2.52. The number of allylic oxidation sites excluding steroid dienone is 1. The number of hydrogen-bond acceptors (Lipinski definition) is 9. The number of phenols is 2. The van der Waals surface area contributed by atoms with E-state index in [9.17, 15) is 44.7 Å². The minimum absolute atomic E-state index is 0.0493. The van der Waals surface area contributed by atoms with E-state index in [2.05, 4.69) is 0 Å². The van der Waals surface area contributed by atoms with Gasteiger partial charge in [-0.1, -0.05) is 0 Å². The van der Waals surface area contributed by atoms with Crippen molar-refractivity contribution in [2.45, 2.75) is 32.5 Å². The SMILES string of the molecule is Cc1cc(O)c2c(c1)C(=O)C1=C(C2=O)[C@H]2C(=O)C3=C(O)c4c(O)cc(C)cc4C(=O)[C@@]34C[C@H](O)C1C4[C@H]2O. The highest BCUT2D eigenvalue weighted by atomic mass is 16.3. The van der Waals surface area contributed by atoms with Gasteiger partial charge in [0, 0.05) is 34.1 Å². The van der Waals surface area contributed by atoms with E-state index in [1.54, 1.807) is 13.8 Å². The average Bonchev–Trinajstić information content (AvgIpc) is 3.14. The second-order valence-corrected chi connectivity index (χ2v) is 11.1. The summed E-state index contributed by atoms with van der Waals surface area (Å²) in [5.41, 5.74) is -2.28. The number of hydrogen-bond donors (Lipinski definition) is 5. The van der Waals surface area contributed by atoms with Gasteiger partial charge in [0.15, 0.2) is 23.1 Å². The number of aromatic hydroxyl groups is 2. The molecule has 0 aliphatic heterocycles. The molecule has 2 unspecified atom stereocenters. The van der Waals surface area contributed by atoms with Crippen molar-refractivity contribution in [1.29, 1.82) is 0 Å². The van der Waals surface area contributed by atoms with E-state index >= 15 is 0 Å². The third-order valence-corrected chi connectivity index (χ3v) is 9.13.